The number of fused-ring (bicyclic) bond motifs is 1. The van der Waals surface area contributed by atoms with E-state index >= 15 is 0 Å². The number of ether oxygens (including phenoxy) is 1. The van der Waals surface area contributed by atoms with Gasteiger partial charge in [-0.25, -0.2) is 24.4 Å². The number of nitro groups is 1. The average molecular weight is 400 g/mol. The van der Waals surface area contributed by atoms with E-state index in [1.165, 1.54) is 35.3 Å². The molecule has 1 saturated heterocycles. The van der Waals surface area contributed by atoms with Gasteiger partial charge in [-0.3, -0.25) is 10.1 Å². The minimum Gasteiger partial charge on any atom is -0.476 e. The van der Waals surface area contributed by atoms with Gasteiger partial charge < -0.3 is 19.6 Å². The van der Waals surface area contributed by atoms with Gasteiger partial charge in [-0.15, -0.1) is 5.10 Å². The Hall–Kier alpha value is -4.03. The van der Waals surface area contributed by atoms with Crippen LogP contribution >= 0.6 is 0 Å². The molecule has 1 fully saturated rings. The van der Waals surface area contributed by atoms with Crippen LogP contribution in [0.5, 0.6) is 5.88 Å². The molecule has 0 bridgehead atoms. The minimum atomic E-state index is -0.945. The maximum Gasteiger partial charge on any atom is 0.407 e. The Balaban J connectivity index is 1.69. The highest BCUT2D eigenvalue weighted by Gasteiger charge is 2.24. The summed E-state index contributed by atoms with van der Waals surface area (Å²) in [7, 11) is 1.31. The van der Waals surface area contributed by atoms with Crippen molar-refractivity contribution in [3.63, 3.8) is 0 Å². The molecule has 0 aliphatic carbocycles. The van der Waals surface area contributed by atoms with E-state index in [1.807, 2.05) is 4.90 Å². The summed E-state index contributed by atoms with van der Waals surface area (Å²) in [6.07, 6.45) is 3.52. The number of piperazine rings is 1. The van der Waals surface area contributed by atoms with Gasteiger partial charge in [0, 0.05) is 38.4 Å². The predicted octanol–water partition coefficient (Wildman–Crippen LogP) is 0.927. The third kappa shape index (κ3) is 3.33. The van der Waals surface area contributed by atoms with Crippen LogP contribution in [0.25, 0.3) is 16.7 Å². The molecule has 1 N–H and O–H groups in total. The standard InChI is InChI=1S/C16H16N8O5/c1-29-15-12(24(27)28)6-10(7-17-15)23-8-11-13(20-23)18-9-19-14(11)21-2-4-22(5-3-21)16(25)26/h6-9H,2-5H2,1H3,(H,25,26). The lowest BCUT2D eigenvalue weighted by Gasteiger charge is -2.33. The second-order valence-corrected chi connectivity index (χ2v) is 6.24. The van der Waals surface area contributed by atoms with E-state index in [1.54, 1.807) is 6.20 Å². The first kappa shape index (κ1) is 18.3. The van der Waals surface area contributed by atoms with E-state index < -0.39 is 11.0 Å². The lowest BCUT2D eigenvalue weighted by Crippen LogP contribution is -2.48. The van der Waals surface area contributed by atoms with Crippen LogP contribution in [-0.2, 0) is 0 Å². The van der Waals surface area contributed by atoms with Crippen LogP contribution in [0.1, 0.15) is 0 Å². The number of anilines is 1. The minimum absolute atomic E-state index is 0.0905. The number of carbonyl (C=O) groups is 1. The molecule has 0 aromatic carbocycles. The normalized spacial score (nSPS) is 14.2. The van der Waals surface area contributed by atoms with Gasteiger partial charge >= 0.3 is 11.8 Å². The van der Waals surface area contributed by atoms with Crippen LogP contribution in [0.2, 0.25) is 0 Å². The fourth-order valence-electron chi connectivity index (χ4n) is 3.16. The van der Waals surface area contributed by atoms with E-state index in [0.29, 0.717) is 48.7 Å². The van der Waals surface area contributed by atoms with Crippen LogP contribution < -0.4 is 9.64 Å². The summed E-state index contributed by atoms with van der Waals surface area (Å²) >= 11 is 0. The first-order chi connectivity index (χ1) is 14.0. The van der Waals surface area contributed by atoms with Gasteiger partial charge in [0.25, 0.3) is 5.88 Å². The molecule has 0 unspecified atom stereocenters. The van der Waals surface area contributed by atoms with Crippen molar-refractivity contribution < 1.29 is 19.6 Å². The highest BCUT2D eigenvalue weighted by Crippen LogP contribution is 2.28. The Morgan fingerprint density at radius 3 is 2.66 bits per heavy atom. The second-order valence-electron chi connectivity index (χ2n) is 6.24. The number of nitrogens with zero attached hydrogens (tertiary/aromatic N) is 8. The Morgan fingerprint density at radius 1 is 1.24 bits per heavy atom. The summed E-state index contributed by atoms with van der Waals surface area (Å²) in [6, 6.07) is 1.32. The number of pyridine rings is 1. The fraction of sp³-hybridized carbons (Fsp3) is 0.312. The zero-order chi connectivity index (χ0) is 20.5. The zero-order valence-electron chi connectivity index (χ0n) is 15.3. The van der Waals surface area contributed by atoms with Gasteiger partial charge in [-0.1, -0.05) is 0 Å². The number of hydrogen-bond acceptors (Lipinski definition) is 9. The molecule has 0 atom stereocenters. The number of aromatic nitrogens is 5. The quantitative estimate of drug-likeness (QED) is 0.494. The molecule has 150 valence electrons. The van der Waals surface area contributed by atoms with Crippen LogP contribution in [-0.4, -0.2) is 79.0 Å². The molecule has 1 aliphatic heterocycles. The van der Waals surface area contributed by atoms with E-state index in [4.69, 9.17) is 9.84 Å². The number of hydrogen-bond donors (Lipinski definition) is 1. The van der Waals surface area contributed by atoms with E-state index in [-0.39, 0.29) is 11.6 Å². The molecule has 13 heteroatoms. The molecule has 0 spiro atoms. The second kappa shape index (κ2) is 7.18. The predicted molar refractivity (Wildman–Crippen MR) is 99.5 cm³/mol. The molecule has 4 heterocycles. The summed E-state index contributed by atoms with van der Waals surface area (Å²) in [5.41, 5.74) is 0.506. The molecule has 13 nitrogen and oxygen atoms in total. The van der Waals surface area contributed by atoms with Crippen LogP contribution in [0.3, 0.4) is 0 Å². The molecule has 0 radical (unpaired) electrons. The number of amides is 1. The maximum absolute atomic E-state index is 11.3. The Labute approximate surface area is 163 Å². The van der Waals surface area contributed by atoms with Gasteiger partial charge in [0.15, 0.2) is 5.65 Å². The lowest BCUT2D eigenvalue weighted by molar-refractivity contribution is -0.386. The van der Waals surface area contributed by atoms with Crippen molar-refractivity contribution in [1.82, 2.24) is 29.6 Å². The van der Waals surface area contributed by atoms with Crippen LogP contribution in [0, 0.1) is 10.1 Å². The van der Waals surface area contributed by atoms with Crippen LogP contribution in [0.4, 0.5) is 16.3 Å². The average Bonchev–Trinajstić information content (AvgIpc) is 3.17. The molecule has 0 saturated carbocycles. The van der Waals surface area contributed by atoms with Gasteiger partial charge in [0.2, 0.25) is 0 Å². The van der Waals surface area contributed by atoms with Crippen molar-refractivity contribution in [1.29, 1.82) is 0 Å². The van der Waals surface area contributed by atoms with Crippen LogP contribution in [0.15, 0.2) is 24.8 Å². The van der Waals surface area contributed by atoms with Gasteiger partial charge in [-0.2, -0.15) is 0 Å². The van der Waals surface area contributed by atoms with Crippen molar-refractivity contribution in [3.8, 4) is 11.6 Å². The van der Waals surface area contributed by atoms with Crippen molar-refractivity contribution in [2.24, 2.45) is 0 Å². The molecule has 1 aliphatic rings. The molecular formula is C16H16N8O5. The maximum atomic E-state index is 11.3. The zero-order valence-corrected chi connectivity index (χ0v) is 15.3. The molecule has 4 rings (SSSR count). The fourth-order valence-corrected chi connectivity index (χ4v) is 3.16. The van der Waals surface area contributed by atoms with Gasteiger partial charge in [0.1, 0.15) is 12.1 Å². The number of rotatable bonds is 4. The summed E-state index contributed by atoms with van der Waals surface area (Å²) in [4.78, 5) is 37.5. The van der Waals surface area contributed by atoms with Gasteiger partial charge in [-0.05, 0) is 0 Å². The van der Waals surface area contributed by atoms with Crippen molar-refractivity contribution in [3.05, 3.63) is 34.9 Å². The van der Waals surface area contributed by atoms with E-state index in [2.05, 4.69) is 20.1 Å². The summed E-state index contributed by atoms with van der Waals surface area (Å²) < 4.78 is 6.36. The molecule has 1 amide bonds. The molecule has 3 aromatic heterocycles. The van der Waals surface area contributed by atoms with Gasteiger partial charge in [0.05, 0.1) is 29.3 Å². The number of carboxylic acid groups (broad SMARTS) is 1. The Morgan fingerprint density at radius 2 is 2.00 bits per heavy atom. The highest BCUT2D eigenvalue weighted by molar-refractivity contribution is 5.87. The number of methoxy groups -OCH3 is 1. The SMILES string of the molecule is COc1ncc(-n2cc3c(N4CCN(C(=O)O)CC4)ncnc3n2)cc1[N+](=O)[O-]. The summed E-state index contributed by atoms with van der Waals surface area (Å²) in [6.45, 7) is 1.70. The molecule has 3 aromatic rings. The van der Waals surface area contributed by atoms with Crippen molar-refractivity contribution in [2.75, 3.05) is 38.2 Å². The van der Waals surface area contributed by atoms with E-state index in [0.717, 1.165) is 0 Å². The topological polar surface area (TPSA) is 153 Å². The Bertz CT molecular complexity index is 1090. The molecule has 29 heavy (non-hydrogen) atoms. The van der Waals surface area contributed by atoms with Crippen molar-refractivity contribution >= 4 is 28.6 Å². The smallest absolute Gasteiger partial charge is 0.407 e. The first-order valence-electron chi connectivity index (χ1n) is 8.60. The third-order valence-electron chi connectivity index (χ3n) is 4.62. The van der Waals surface area contributed by atoms with E-state index in [9.17, 15) is 14.9 Å². The summed E-state index contributed by atoms with van der Waals surface area (Å²) in [5.74, 6) is 0.537. The van der Waals surface area contributed by atoms with Crippen molar-refractivity contribution in [2.45, 2.75) is 0 Å². The Kier molecular flexibility index (Phi) is 4.54. The monoisotopic (exact) mass is 400 g/mol. The third-order valence-corrected chi connectivity index (χ3v) is 4.62. The largest absolute Gasteiger partial charge is 0.476 e. The summed E-state index contributed by atoms with van der Waals surface area (Å²) in [5, 5.41) is 25.4. The first-order valence-corrected chi connectivity index (χ1v) is 8.60. The highest BCUT2D eigenvalue weighted by atomic mass is 16.6. The lowest BCUT2D eigenvalue weighted by atomic mass is 10.3. The molecular weight excluding hydrogens is 384 g/mol.